The molecular formula is C18H24N2O4. The SMILES string of the molecule is O=C(NCCNC(=O)C1CC1)c1ccc(OCC2CCCO2)cc1. The largest absolute Gasteiger partial charge is 0.491 e. The summed E-state index contributed by atoms with van der Waals surface area (Å²) in [5, 5.41) is 5.61. The number of carbonyl (C=O) groups excluding carboxylic acids is 2. The van der Waals surface area contributed by atoms with Gasteiger partial charge in [0.15, 0.2) is 0 Å². The molecule has 0 spiro atoms. The highest BCUT2D eigenvalue weighted by atomic mass is 16.5. The smallest absolute Gasteiger partial charge is 0.251 e. The lowest BCUT2D eigenvalue weighted by molar-refractivity contribution is -0.122. The minimum Gasteiger partial charge on any atom is -0.491 e. The Hall–Kier alpha value is -2.08. The predicted octanol–water partition coefficient (Wildman–Crippen LogP) is 1.50. The zero-order chi connectivity index (χ0) is 16.8. The van der Waals surface area contributed by atoms with Crippen LogP contribution in [-0.2, 0) is 9.53 Å². The molecule has 2 N–H and O–H groups in total. The topological polar surface area (TPSA) is 76.7 Å². The normalized spacial score (nSPS) is 19.8. The van der Waals surface area contributed by atoms with E-state index in [0.717, 1.165) is 38.0 Å². The number of nitrogens with one attached hydrogen (secondary N) is 2. The van der Waals surface area contributed by atoms with E-state index in [2.05, 4.69) is 10.6 Å². The van der Waals surface area contributed by atoms with E-state index in [4.69, 9.17) is 9.47 Å². The molecule has 2 fully saturated rings. The van der Waals surface area contributed by atoms with E-state index in [-0.39, 0.29) is 23.8 Å². The van der Waals surface area contributed by atoms with E-state index in [9.17, 15) is 9.59 Å². The highest BCUT2D eigenvalue weighted by Crippen LogP contribution is 2.28. The van der Waals surface area contributed by atoms with Crippen LogP contribution in [0.4, 0.5) is 0 Å². The maximum absolute atomic E-state index is 12.0. The molecule has 24 heavy (non-hydrogen) atoms. The molecule has 1 aliphatic carbocycles. The first-order chi connectivity index (χ1) is 11.7. The third-order valence-corrected chi connectivity index (χ3v) is 4.23. The van der Waals surface area contributed by atoms with Crippen molar-refractivity contribution in [1.82, 2.24) is 10.6 Å². The van der Waals surface area contributed by atoms with Crippen LogP contribution in [0.15, 0.2) is 24.3 Å². The summed E-state index contributed by atoms with van der Waals surface area (Å²) in [6.07, 6.45) is 4.28. The summed E-state index contributed by atoms with van der Waals surface area (Å²) >= 11 is 0. The molecule has 0 aromatic heterocycles. The molecule has 1 aromatic carbocycles. The van der Waals surface area contributed by atoms with Crippen molar-refractivity contribution in [2.45, 2.75) is 31.8 Å². The quantitative estimate of drug-likeness (QED) is 0.707. The van der Waals surface area contributed by atoms with Crippen LogP contribution < -0.4 is 15.4 Å². The summed E-state index contributed by atoms with van der Waals surface area (Å²) < 4.78 is 11.2. The van der Waals surface area contributed by atoms with Gasteiger partial charge >= 0.3 is 0 Å². The van der Waals surface area contributed by atoms with Gasteiger partial charge in [-0.1, -0.05) is 0 Å². The van der Waals surface area contributed by atoms with Crippen LogP contribution >= 0.6 is 0 Å². The lowest BCUT2D eigenvalue weighted by atomic mass is 10.2. The van der Waals surface area contributed by atoms with E-state index < -0.39 is 0 Å². The Bertz CT molecular complexity index is 563. The van der Waals surface area contributed by atoms with E-state index in [1.165, 1.54) is 0 Å². The lowest BCUT2D eigenvalue weighted by Gasteiger charge is -2.12. The van der Waals surface area contributed by atoms with Crippen molar-refractivity contribution in [2.75, 3.05) is 26.3 Å². The van der Waals surface area contributed by atoms with Crippen molar-refractivity contribution in [3.8, 4) is 5.75 Å². The maximum atomic E-state index is 12.0. The Balaban J connectivity index is 1.35. The van der Waals surface area contributed by atoms with Crippen LogP contribution in [-0.4, -0.2) is 44.2 Å². The summed E-state index contributed by atoms with van der Waals surface area (Å²) in [5.74, 6) is 0.875. The third-order valence-electron chi connectivity index (χ3n) is 4.23. The molecule has 1 unspecified atom stereocenters. The number of ether oxygens (including phenoxy) is 2. The Morgan fingerprint density at radius 2 is 1.83 bits per heavy atom. The molecule has 1 heterocycles. The zero-order valence-corrected chi connectivity index (χ0v) is 13.8. The molecule has 6 heteroatoms. The van der Waals surface area contributed by atoms with Crippen molar-refractivity contribution in [2.24, 2.45) is 5.92 Å². The average Bonchev–Trinajstić information content (AvgIpc) is 3.33. The molecule has 3 rings (SSSR count). The summed E-state index contributed by atoms with van der Waals surface area (Å²) in [7, 11) is 0. The Kier molecular flexibility index (Phi) is 5.69. The third kappa shape index (κ3) is 4.96. The van der Waals surface area contributed by atoms with Crippen molar-refractivity contribution in [3.63, 3.8) is 0 Å². The van der Waals surface area contributed by atoms with Gasteiger partial charge in [0.05, 0.1) is 6.10 Å². The van der Waals surface area contributed by atoms with Crippen molar-refractivity contribution in [3.05, 3.63) is 29.8 Å². The average molecular weight is 332 g/mol. The molecule has 1 saturated heterocycles. The first-order valence-corrected chi connectivity index (χ1v) is 8.63. The predicted molar refractivity (Wildman–Crippen MR) is 89.0 cm³/mol. The molecule has 2 aliphatic rings. The van der Waals surface area contributed by atoms with Crippen LogP contribution in [0.2, 0.25) is 0 Å². The molecule has 130 valence electrons. The molecule has 0 radical (unpaired) electrons. The van der Waals surface area contributed by atoms with Crippen LogP contribution in [0.25, 0.3) is 0 Å². The van der Waals surface area contributed by atoms with Gasteiger partial charge in [0, 0.05) is 31.2 Å². The van der Waals surface area contributed by atoms with Crippen LogP contribution in [0.3, 0.4) is 0 Å². The molecular weight excluding hydrogens is 308 g/mol. The number of rotatable bonds is 8. The Labute approximate surface area is 141 Å². The van der Waals surface area contributed by atoms with Gasteiger partial charge in [-0.25, -0.2) is 0 Å². The van der Waals surface area contributed by atoms with Gasteiger partial charge < -0.3 is 20.1 Å². The first-order valence-electron chi connectivity index (χ1n) is 8.63. The monoisotopic (exact) mass is 332 g/mol. The second kappa shape index (κ2) is 8.15. The molecule has 0 bridgehead atoms. The van der Waals surface area contributed by atoms with Crippen LogP contribution in [0, 0.1) is 5.92 Å². The lowest BCUT2D eigenvalue weighted by Crippen LogP contribution is -2.35. The van der Waals surface area contributed by atoms with Gasteiger partial charge in [0.2, 0.25) is 5.91 Å². The highest BCUT2D eigenvalue weighted by Gasteiger charge is 2.29. The molecule has 1 saturated carbocycles. The minimum atomic E-state index is -0.152. The van der Waals surface area contributed by atoms with Gasteiger partial charge in [0.25, 0.3) is 5.91 Å². The number of carbonyl (C=O) groups is 2. The van der Waals surface area contributed by atoms with Gasteiger partial charge in [-0.15, -0.1) is 0 Å². The van der Waals surface area contributed by atoms with E-state index in [1.54, 1.807) is 24.3 Å². The highest BCUT2D eigenvalue weighted by molar-refractivity contribution is 5.94. The number of amides is 2. The Morgan fingerprint density at radius 1 is 1.08 bits per heavy atom. The Morgan fingerprint density at radius 3 is 2.50 bits per heavy atom. The molecule has 2 amide bonds. The number of hydrogen-bond donors (Lipinski definition) is 2. The molecule has 1 aromatic rings. The number of benzene rings is 1. The maximum Gasteiger partial charge on any atom is 0.251 e. The fourth-order valence-electron chi connectivity index (χ4n) is 2.62. The van der Waals surface area contributed by atoms with Gasteiger partial charge in [0.1, 0.15) is 12.4 Å². The standard InChI is InChI=1S/C18H24N2O4/c21-17(13-3-4-13)19-9-10-20-18(22)14-5-7-15(8-6-14)24-12-16-2-1-11-23-16/h5-8,13,16H,1-4,9-12H2,(H,19,21)(H,20,22). The van der Waals surface area contributed by atoms with E-state index in [0.29, 0.717) is 25.3 Å². The van der Waals surface area contributed by atoms with Crippen molar-refractivity contribution in [1.29, 1.82) is 0 Å². The van der Waals surface area contributed by atoms with Crippen LogP contribution in [0.1, 0.15) is 36.0 Å². The summed E-state index contributed by atoms with van der Waals surface area (Å²) in [5.41, 5.74) is 0.577. The minimum absolute atomic E-state index is 0.0944. The summed E-state index contributed by atoms with van der Waals surface area (Å²) in [6, 6.07) is 7.06. The second-order valence-corrected chi connectivity index (χ2v) is 6.29. The van der Waals surface area contributed by atoms with E-state index >= 15 is 0 Å². The second-order valence-electron chi connectivity index (χ2n) is 6.29. The fraction of sp³-hybridized carbons (Fsp3) is 0.556. The number of hydrogen-bond acceptors (Lipinski definition) is 4. The van der Waals surface area contributed by atoms with Gasteiger partial charge in [-0.05, 0) is 49.9 Å². The molecule has 6 nitrogen and oxygen atoms in total. The first kappa shape index (κ1) is 16.8. The molecule has 1 aliphatic heterocycles. The zero-order valence-electron chi connectivity index (χ0n) is 13.8. The van der Waals surface area contributed by atoms with Crippen LogP contribution in [0.5, 0.6) is 5.75 Å². The van der Waals surface area contributed by atoms with Crippen molar-refractivity contribution >= 4 is 11.8 Å². The summed E-state index contributed by atoms with van der Waals surface area (Å²) in [4.78, 5) is 23.5. The molecule has 1 atom stereocenters. The summed E-state index contributed by atoms with van der Waals surface area (Å²) in [6.45, 7) is 2.25. The fourth-order valence-corrected chi connectivity index (χ4v) is 2.62. The van der Waals surface area contributed by atoms with Crippen molar-refractivity contribution < 1.29 is 19.1 Å². The van der Waals surface area contributed by atoms with Gasteiger partial charge in [-0.2, -0.15) is 0 Å². The van der Waals surface area contributed by atoms with Gasteiger partial charge in [-0.3, -0.25) is 9.59 Å². The van der Waals surface area contributed by atoms with E-state index in [1.807, 2.05) is 0 Å².